The summed E-state index contributed by atoms with van der Waals surface area (Å²) in [5.74, 6) is -1.16. The van der Waals surface area contributed by atoms with E-state index in [0.29, 0.717) is 17.7 Å². The highest BCUT2D eigenvalue weighted by Gasteiger charge is 2.22. The van der Waals surface area contributed by atoms with Gasteiger partial charge in [0.1, 0.15) is 0 Å². The lowest BCUT2D eigenvalue weighted by Crippen LogP contribution is -2.36. The minimum absolute atomic E-state index is 0.0409. The van der Waals surface area contributed by atoms with Gasteiger partial charge in [0.15, 0.2) is 6.10 Å². The van der Waals surface area contributed by atoms with Crippen molar-refractivity contribution < 1.29 is 22.7 Å². The summed E-state index contributed by atoms with van der Waals surface area (Å²) in [5, 5.41) is 7.98. The maximum Gasteiger partial charge on any atom is 0.338 e. The summed E-state index contributed by atoms with van der Waals surface area (Å²) in [4.78, 5) is 24.4. The van der Waals surface area contributed by atoms with Crippen molar-refractivity contribution >= 4 is 21.9 Å². The van der Waals surface area contributed by atoms with Crippen molar-refractivity contribution in [2.45, 2.75) is 63.9 Å². The van der Waals surface area contributed by atoms with Crippen LogP contribution in [-0.4, -0.2) is 32.9 Å². The lowest BCUT2D eigenvalue weighted by Gasteiger charge is -2.16. The topological polar surface area (TPSA) is 116 Å². The molecule has 0 bridgehead atoms. The number of benzene rings is 1. The molecule has 7 nitrogen and oxygen atoms in total. The van der Waals surface area contributed by atoms with E-state index in [1.54, 1.807) is 13.8 Å². The normalized spacial score (nSPS) is 15.5. The summed E-state index contributed by atoms with van der Waals surface area (Å²) < 4.78 is 28.6. The highest BCUT2D eigenvalue weighted by molar-refractivity contribution is 7.89. The van der Waals surface area contributed by atoms with Gasteiger partial charge in [-0.05, 0) is 76.1 Å². The van der Waals surface area contributed by atoms with Crippen molar-refractivity contribution in [3.63, 3.8) is 0 Å². The van der Waals surface area contributed by atoms with Crippen LogP contribution < -0.4 is 10.5 Å². The van der Waals surface area contributed by atoms with Gasteiger partial charge in [0.25, 0.3) is 5.91 Å². The Kier molecular flexibility index (Phi) is 7.37. The monoisotopic (exact) mass is 408 g/mol. The van der Waals surface area contributed by atoms with Gasteiger partial charge in [0, 0.05) is 6.54 Å². The fourth-order valence-electron chi connectivity index (χ4n) is 3.14. The van der Waals surface area contributed by atoms with Crippen LogP contribution >= 0.6 is 0 Å². The van der Waals surface area contributed by atoms with E-state index in [4.69, 9.17) is 9.88 Å². The summed E-state index contributed by atoms with van der Waals surface area (Å²) in [6.07, 6.45) is 6.59. The van der Waals surface area contributed by atoms with Gasteiger partial charge in [-0.25, -0.2) is 18.4 Å². The lowest BCUT2D eigenvalue weighted by molar-refractivity contribution is -0.129. The Labute approximate surface area is 166 Å². The fraction of sp³-hybridized carbons (Fsp3) is 0.500. The first-order valence-corrected chi connectivity index (χ1v) is 10.9. The number of amides is 1. The first kappa shape index (κ1) is 22.1. The van der Waals surface area contributed by atoms with Crippen LogP contribution in [0.25, 0.3) is 0 Å². The van der Waals surface area contributed by atoms with Gasteiger partial charge >= 0.3 is 5.97 Å². The molecule has 1 aliphatic rings. The number of hydrogen-bond donors (Lipinski definition) is 2. The van der Waals surface area contributed by atoms with Crippen molar-refractivity contribution in [1.82, 2.24) is 5.32 Å². The number of sulfonamides is 1. The maximum absolute atomic E-state index is 12.4. The van der Waals surface area contributed by atoms with Crippen LogP contribution in [0, 0.1) is 13.8 Å². The first-order valence-electron chi connectivity index (χ1n) is 9.40. The number of rotatable bonds is 7. The Morgan fingerprint density at radius 1 is 1.25 bits per heavy atom. The molecule has 1 atom stereocenters. The molecular formula is C20H28N2O5S. The molecule has 1 aliphatic carbocycles. The number of aryl methyl sites for hydroxylation is 1. The molecule has 154 valence electrons. The zero-order valence-corrected chi connectivity index (χ0v) is 17.4. The number of primary sulfonamides is 1. The molecule has 1 aromatic rings. The third kappa shape index (κ3) is 5.90. The second-order valence-electron chi connectivity index (χ2n) is 7.16. The van der Waals surface area contributed by atoms with E-state index in [1.807, 2.05) is 0 Å². The molecule has 0 heterocycles. The molecule has 0 radical (unpaired) electrons. The third-order valence-electron chi connectivity index (χ3n) is 4.95. The Balaban J connectivity index is 1.97. The highest BCUT2D eigenvalue weighted by Crippen LogP contribution is 2.21. The van der Waals surface area contributed by atoms with E-state index >= 15 is 0 Å². The minimum atomic E-state index is -3.97. The molecule has 0 aliphatic heterocycles. The lowest BCUT2D eigenvalue weighted by atomic mass is 9.97. The predicted octanol–water partition coefficient (Wildman–Crippen LogP) is 2.50. The molecule has 3 N–H and O–H groups in total. The summed E-state index contributed by atoms with van der Waals surface area (Å²) >= 11 is 0. The van der Waals surface area contributed by atoms with Crippen molar-refractivity contribution in [2.75, 3.05) is 6.54 Å². The standard InChI is InChI=1S/C20H28N2O5S/c1-13-11-17(12-18(14(13)2)28(21,25)26)20(24)27-15(3)19(23)22-10-9-16-7-5-4-6-8-16/h7,11-12,15H,4-6,8-10H2,1-3H3,(H,22,23)(H2,21,25,26)/t15-/m1/s1. The van der Waals surface area contributed by atoms with Crippen LogP contribution in [-0.2, 0) is 19.6 Å². The third-order valence-corrected chi connectivity index (χ3v) is 5.98. The fourth-order valence-corrected chi connectivity index (χ4v) is 4.02. The molecule has 0 fully saturated rings. The average molecular weight is 409 g/mol. The number of hydrogen-bond acceptors (Lipinski definition) is 5. The number of ether oxygens (including phenoxy) is 1. The Morgan fingerprint density at radius 2 is 1.96 bits per heavy atom. The van der Waals surface area contributed by atoms with Crippen LogP contribution in [0.5, 0.6) is 0 Å². The molecule has 0 saturated carbocycles. The Bertz CT molecular complexity index is 890. The van der Waals surface area contributed by atoms with Gasteiger partial charge in [0.05, 0.1) is 10.5 Å². The van der Waals surface area contributed by atoms with Crippen molar-refractivity contribution in [2.24, 2.45) is 5.14 Å². The van der Waals surface area contributed by atoms with Crippen LogP contribution in [0.15, 0.2) is 28.7 Å². The summed E-state index contributed by atoms with van der Waals surface area (Å²) in [7, 11) is -3.97. The molecule has 0 spiro atoms. The van der Waals surface area contributed by atoms with E-state index in [0.717, 1.165) is 19.3 Å². The number of esters is 1. The van der Waals surface area contributed by atoms with Crippen LogP contribution in [0.1, 0.15) is 60.5 Å². The van der Waals surface area contributed by atoms with Crippen molar-refractivity contribution in [3.05, 3.63) is 40.5 Å². The van der Waals surface area contributed by atoms with Crippen molar-refractivity contribution in [1.29, 1.82) is 0 Å². The van der Waals surface area contributed by atoms with E-state index in [1.165, 1.54) is 37.5 Å². The molecular weight excluding hydrogens is 380 g/mol. The van der Waals surface area contributed by atoms with Crippen LogP contribution in [0.2, 0.25) is 0 Å². The maximum atomic E-state index is 12.4. The predicted molar refractivity (Wildman–Crippen MR) is 106 cm³/mol. The van der Waals surface area contributed by atoms with Gasteiger partial charge < -0.3 is 10.1 Å². The van der Waals surface area contributed by atoms with Gasteiger partial charge in [-0.1, -0.05) is 11.6 Å². The largest absolute Gasteiger partial charge is 0.449 e. The second kappa shape index (κ2) is 9.34. The number of nitrogens with one attached hydrogen (secondary N) is 1. The Hall–Kier alpha value is -2.19. The quantitative estimate of drug-likeness (QED) is 0.531. The molecule has 8 heteroatoms. The van der Waals surface area contributed by atoms with E-state index in [-0.39, 0.29) is 16.4 Å². The van der Waals surface area contributed by atoms with Gasteiger partial charge in [-0.2, -0.15) is 0 Å². The molecule has 28 heavy (non-hydrogen) atoms. The number of allylic oxidation sites excluding steroid dienone is 1. The molecule has 0 saturated heterocycles. The van der Waals surface area contributed by atoms with E-state index in [9.17, 15) is 18.0 Å². The van der Waals surface area contributed by atoms with Crippen LogP contribution in [0.4, 0.5) is 0 Å². The second-order valence-corrected chi connectivity index (χ2v) is 8.69. The average Bonchev–Trinajstić information content (AvgIpc) is 2.63. The summed E-state index contributed by atoms with van der Waals surface area (Å²) in [6, 6.07) is 2.70. The smallest absolute Gasteiger partial charge is 0.338 e. The van der Waals surface area contributed by atoms with E-state index in [2.05, 4.69) is 11.4 Å². The van der Waals surface area contributed by atoms with Gasteiger partial charge in [-0.15, -0.1) is 0 Å². The molecule has 0 unspecified atom stereocenters. The van der Waals surface area contributed by atoms with Gasteiger partial charge in [-0.3, -0.25) is 4.79 Å². The molecule has 0 aromatic heterocycles. The number of carbonyl (C=O) groups excluding carboxylic acids is 2. The van der Waals surface area contributed by atoms with E-state index < -0.39 is 22.1 Å². The van der Waals surface area contributed by atoms with Crippen molar-refractivity contribution in [3.8, 4) is 0 Å². The highest BCUT2D eigenvalue weighted by atomic mass is 32.2. The Morgan fingerprint density at radius 3 is 2.57 bits per heavy atom. The van der Waals surface area contributed by atoms with Crippen LogP contribution in [0.3, 0.4) is 0 Å². The zero-order chi connectivity index (χ0) is 20.9. The minimum Gasteiger partial charge on any atom is -0.449 e. The number of carbonyl (C=O) groups is 2. The summed E-state index contributed by atoms with van der Waals surface area (Å²) in [6.45, 7) is 5.26. The first-order chi connectivity index (χ1) is 13.1. The molecule has 1 amide bonds. The zero-order valence-electron chi connectivity index (χ0n) is 16.6. The SMILES string of the molecule is Cc1cc(C(=O)O[C@H](C)C(=O)NCCC2=CCCCC2)cc(S(N)(=O)=O)c1C. The molecule has 2 rings (SSSR count). The summed E-state index contributed by atoms with van der Waals surface area (Å²) in [5.41, 5.74) is 2.46. The molecule has 1 aromatic carbocycles. The van der Waals surface area contributed by atoms with Gasteiger partial charge in [0.2, 0.25) is 10.0 Å². The number of nitrogens with two attached hydrogens (primary N) is 1.